The van der Waals surface area contributed by atoms with E-state index >= 15 is 0 Å². The minimum absolute atomic E-state index is 0.150. The molecule has 0 bridgehead atoms. The lowest BCUT2D eigenvalue weighted by molar-refractivity contribution is 0.164. The molecule has 1 N–H and O–H groups in total. The lowest BCUT2D eigenvalue weighted by atomic mass is 10.1. The molecule has 1 rings (SSSR count). The molecular formula is C10H15NO2. The van der Waals surface area contributed by atoms with Gasteiger partial charge in [0.05, 0.1) is 5.69 Å². The Hall–Kier alpha value is -1.25. The molecule has 0 aliphatic carbocycles. The molecule has 0 radical (unpaired) electrons. The van der Waals surface area contributed by atoms with Gasteiger partial charge in [-0.1, -0.05) is 26.8 Å². The molecule has 0 aliphatic rings. The van der Waals surface area contributed by atoms with E-state index in [9.17, 15) is 10.0 Å². The summed E-state index contributed by atoms with van der Waals surface area (Å²) in [7, 11) is 0. The van der Waals surface area contributed by atoms with Gasteiger partial charge in [-0.3, -0.25) is 4.79 Å². The second-order valence-electron chi connectivity index (χ2n) is 3.41. The molecule has 1 heterocycles. The molecule has 1 aromatic heterocycles. The molecule has 0 spiro atoms. The zero-order valence-corrected chi connectivity index (χ0v) is 8.24. The first-order chi connectivity index (χ1) is 6.07. The van der Waals surface area contributed by atoms with E-state index in [0.717, 1.165) is 4.73 Å². The Kier molecular flexibility index (Phi) is 2.76. The first kappa shape index (κ1) is 9.84. The molecule has 3 heteroatoms. The number of rotatable bonds is 2. The van der Waals surface area contributed by atoms with Crippen LogP contribution in [0.15, 0.2) is 16.9 Å². The minimum atomic E-state index is -0.297. The first-order valence-corrected chi connectivity index (χ1v) is 4.52. The summed E-state index contributed by atoms with van der Waals surface area (Å²) in [5, 5.41) is 9.43. The van der Waals surface area contributed by atoms with Crippen molar-refractivity contribution in [3.63, 3.8) is 0 Å². The van der Waals surface area contributed by atoms with E-state index < -0.39 is 0 Å². The van der Waals surface area contributed by atoms with Crippen molar-refractivity contribution < 1.29 is 5.21 Å². The van der Waals surface area contributed by atoms with Crippen LogP contribution in [-0.4, -0.2) is 9.94 Å². The summed E-state index contributed by atoms with van der Waals surface area (Å²) in [6.45, 7) is 5.77. The molecule has 0 amide bonds. The van der Waals surface area contributed by atoms with E-state index in [2.05, 4.69) is 0 Å². The van der Waals surface area contributed by atoms with Crippen molar-refractivity contribution in [2.24, 2.45) is 0 Å². The Bertz CT molecular complexity index is 352. The molecule has 3 nitrogen and oxygen atoms in total. The quantitative estimate of drug-likeness (QED) is 0.706. The smallest absolute Gasteiger partial charge is 0.286 e. The summed E-state index contributed by atoms with van der Waals surface area (Å²) in [5.41, 5.74) is 1.00. The van der Waals surface area contributed by atoms with E-state index in [1.165, 1.54) is 0 Å². The second-order valence-corrected chi connectivity index (χ2v) is 3.41. The highest BCUT2D eigenvalue weighted by Crippen LogP contribution is 2.09. The molecule has 0 atom stereocenters. The summed E-state index contributed by atoms with van der Waals surface area (Å²) < 4.78 is 0.745. The number of nitrogens with zero attached hydrogens (tertiary/aromatic N) is 1. The predicted octanol–water partition coefficient (Wildman–Crippen LogP) is 1.77. The number of pyridine rings is 1. The van der Waals surface area contributed by atoms with Gasteiger partial charge in [-0.2, -0.15) is 4.73 Å². The molecular weight excluding hydrogens is 166 g/mol. The summed E-state index contributed by atoms with van der Waals surface area (Å²) in [5.74, 6) is 0.150. The fraction of sp³-hybridized carbons (Fsp3) is 0.500. The van der Waals surface area contributed by atoms with Gasteiger partial charge in [-0.25, -0.2) is 0 Å². The highest BCUT2D eigenvalue weighted by molar-refractivity contribution is 5.18. The van der Waals surface area contributed by atoms with E-state index in [-0.39, 0.29) is 11.5 Å². The third-order valence-electron chi connectivity index (χ3n) is 2.15. The minimum Gasteiger partial charge on any atom is -0.425 e. The van der Waals surface area contributed by atoms with Gasteiger partial charge < -0.3 is 5.21 Å². The summed E-state index contributed by atoms with van der Waals surface area (Å²) in [4.78, 5) is 11.5. The summed E-state index contributed by atoms with van der Waals surface area (Å²) >= 11 is 0. The standard InChI is InChI=1S/C10H15NO2/c1-4-8-5-6-9(7(2)3)10(12)11(8)13/h5-7,13H,4H2,1-3H3. The van der Waals surface area contributed by atoms with Crippen molar-refractivity contribution in [1.82, 2.24) is 4.73 Å². The van der Waals surface area contributed by atoms with Crippen LogP contribution in [0.3, 0.4) is 0 Å². The Balaban J connectivity index is 3.32. The van der Waals surface area contributed by atoms with Gasteiger partial charge in [0.1, 0.15) is 0 Å². The lowest BCUT2D eigenvalue weighted by Gasteiger charge is -2.08. The van der Waals surface area contributed by atoms with Gasteiger partial charge in [0, 0.05) is 5.56 Å². The molecule has 72 valence electrons. The van der Waals surface area contributed by atoms with Gasteiger partial charge >= 0.3 is 0 Å². The molecule has 1 aromatic rings. The maximum absolute atomic E-state index is 11.5. The molecule has 0 saturated heterocycles. The third kappa shape index (κ3) is 1.74. The molecule has 0 aliphatic heterocycles. The first-order valence-electron chi connectivity index (χ1n) is 4.52. The van der Waals surface area contributed by atoms with Crippen molar-refractivity contribution >= 4 is 0 Å². The van der Waals surface area contributed by atoms with Crippen LogP contribution < -0.4 is 5.56 Å². The fourth-order valence-corrected chi connectivity index (χ4v) is 1.29. The molecule has 0 unspecified atom stereocenters. The van der Waals surface area contributed by atoms with Gasteiger partial charge in [0.25, 0.3) is 5.56 Å². The van der Waals surface area contributed by atoms with Crippen molar-refractivity contribution in [3.8, 4) is 0 Å². The average molecular weight is 181 g/mol. The van der Waals surface area contributed by atoms with E-state index in [0.29, 0.717) is 17.7 Å². The van der Waals surface area contributed by atoms with Gasteiger partial charge in [0.15, 0.2) is 0 Å². The van der Waals surface area contributed by atoms with E-state index in [1.54, 1.807) is 12.1 Å². The van der Waals surface area contributed by atoms with Crippen molar-refractivity contribution in [1.29, 1.82) is 0 Å². The Labute approximate surface area is 77.6 Å². The number of hydrogen-bond acceptors (Lipinski definition) is 2. The molecule has 0 fully saturated rings. The van der Waals surface area contributed by atoms with Crippen LogP contribution in [0.4, 0.5) is 0 Å². The molecule has 0 saturated carbocycles. The number of aromatic nitrogens is 1. The zero-order valence-electron chi connectivity index (χ0n) is 8.24. The monoisotopic (exact) mass is 181 g/mol. The van der Waals surface area contributed by atoms with Crippen molar-refractivity contribution in [2.45, 2.75) is 33.1 Å². The summed E-state index contributed by atoms with van der Waals surface area (Å²) in [6, 6.07) is 3.58. The van der Waals surface area contributed by atoms with Crippen LogP contribution in [0.25, 0.3) is 0 Å². The fourth-order valence-electron chi connectivity index (χ4n) is 1.29. The predicted molar refractivity (Wildman–Crippen MR) is 51.4 cm³/mol. The van der Waals surface area contributed by atoms with Crippen LogP contribution in [0, 0.1) is 0 Å². The average Bonchev–Trinajstić information content (AvgIpc) is 2.09. The van der Waals surface area contributed by atoms with Gasteiger partial charge in [-0.05, 0) is 18.4 Å². The molecule has 13 heavy (non-hydrogen) atoms. The SMILES string of the molecule is CCc1ccc(C(C)C)c(=O)n1O. The Morgan fingerprint density at radius 1 is 1.46 bits per heavy atom. The zero-order chi connectivity index (χ0) is 10.0. The number of aryl methyl sites for hydroxylation is 1. The highest BCUT2D eigenvalue weighted by atomic mass is 16.5. The van der Waals surface area contributed by atoms with Crippen molar-refractivity contribution in [2.75, 3.05) is 0 Å². The third-order valence-corrected chi connectivity index (χ3v) is 2.15. The van der Waals surface area contributed by atoms with Crippen LogP contribution >= 0.6 is 0 Å². The van der Waals surface area contributed by atoms with Crippen molar-refractivity contribution in [3.05, 3.63) is 33.7 Å². The Morgan fingerprint density at radius 2 is 2.08 bits per heavy atom. The van der Waals surface area contributed by atoms with Crippen LogP contribution in [-0.2, 0) is 6.42 Å². The maximum atomic E-state index is 11.5. The Morgan fingerprint density at radius 3 is 2.54 bits per heavy atom. The largest absolute Gasteiger partial charge is 0.425 e. The summed E-state index contributed by atoms with van der Waals surface area (Å²) in [6.07, 6.45) is 0.657. The molecule has 0 aromatic carbocycles. The van der Waals surface area contributed by atoms with Crippen LogP contribution in [0.5, 0.6) is 0 Å². The van der Waals surface area contributed by atoms with Crippen LogP contribution in [0.1, 0.15) is 37.9 Å². The lowest BCUT2D eigenvalue weighted by Crippen LogP contribution is -2.24. The number of hydrogen-bond donors (Lipinski definition) is 1. The topological polar surface area (TPSA) is 42.2 Å². The van der Waals surface area contributed by atoms with Crippen LogP contribution in [0.2, 0.25) is 0 Å². The van der Waals surface area contributed by atoms with Gasteiger partial charge in [-0.15, -0.1) is 0 Å². The normalized spacial score (nSPS) is 10.8. The maximum Gasteiger partial charge on any atom is 0.286 e. The van der Waals surface area contributed by atoms with Gasteiger partial charge in [0.2, 0.25) is 0 Å². The van der Waals surface area contributed by atoms with E-state index in [1.807, 2.05) is 20.8 Å². The highest BCUT2D eigenvalue weighted by Gasteiger charge is 2.08. The van der Waals surface area contributed by atoms with E-state index in [4.69, 9.17) is 0 Å². The second kappa shape index (κ2) is 3.64.